The Morgan fingerprint density at radius 2 is 1.96 bits per heavy atom. The van der Waals surface area contributed by atoms with E-state index in [-0.39, 0.29) is 5.91 Å². The van der Waals surface area contributed by atoms with Crippen molar-refractivity contribution in [3.8, 4) is 6.07 Å². The van der Waals surface area contributed by atoms with Crippen LogP contribution in [0.5, 0.6) is 0 Å². The minimum atomic E-state index is -0.444. The van der Waals surface area contributed by atoms with Crippen molar-refractivity contribution in [3.63, 3.8) is 0 Å². The Hall–Kier alpha value is -2.10. The van der Waals surface area contributed by atoms with Gasteiger partial charge in [0.1, 0.15) is 6.07 Å². The molecular formula is C17H21N3O3. The monoisotopic (exact) mass is 315 g/mol. The molecular weight excluding hydrogens is 294 g/mol. The quantitative estimate of drug-likeness (QED) is 0.916. The summed E-state index contributed by atoms with van der Waals surface area (Å²) in [7, 11) is 0. The van der Waals surface area contributed by atoms with E-state index in [0.29, 0.717) is 44.8 Å². The molecule has 122 valence electrons. The van der Waals surface area contributed by atoms with Gasteiger partial charge in [0.15, 0.2) is 5.79 Å². The number of rotatable bonds is 4. The van der Waals surface area contributed by atoms with E-state index in [1.165, 1.54) is 0 Å². The van der Waals surface area contributed by atoms with Gasteiger partial charge in [-0.05, 0) is 12.1 Å². The van der Waals surface area contributed by atoms with Crippen LogP contribution in [0.2, 0.25) is 0 Å². The molecule has 0 bridgehead atoms. The zero-order valence-electron chi connectivity index (χ0n) is 13.1. The van der Waals surface area contributed by atoms with Crippen LogP contribution in [0.1, 0.15) is 24.8 Å². The van der Waals surface area contributed by atoms with Gasteiger partial charge in [-0.15, -0.1) is 0 Å². The highest BCUT2D eigenvalue weighted by atomic mass is 16.7. The number of ether oxygens (including phenoxy) is 2. The van der Waals surface area contributed by atoms with Crippen LogP contribution >= 0.6 is 0 Å². The van der Waals surface area contributed by atoms with Gasteiger partial charge >= 0.3 is 0 Å². The molecule has 1 aromatic rings. The van der Waals surface area contributed by atoms with E-state index in [2.05, 4.69) is 11.4 Å². The molecule has 2 aliphatic heterocycles. The highest BCUT2D eigenvalue weighted by molar-refractivity contribution is 5.77. The van der Waals surface area contributed by atoms with Gasteiger partial charge in [-0.2, -0.15) is 5.26 Å². The molecule has 0 aliphatic carbocycles. The summed E-state index contributed by atoms with van der Waals surface area (Å²) in [5.74, 6) is -0.319. The fraction of sp³-hybridized carbons (Fsp3) is 0.529. The number of likely N-dealkylation sites (tertiary alicyclic amines) is 1. The lowest BCUT2D eigenvalue weighted by molar-refractivity contribution is -0.187. The zero-order valence-corrected chi connectivity index (χ0v) is 13.1. The SMILES string of the molecule is N#Cc1ccccc1NCCC(=O)N1CCC2(CC1)OCCO2. The minimum Gasteiger partial charge on any atom is -0.383 e. The summed E-state index contributed by atoms with van der Waals surface area (Å²) in [6.45, 7) is 3.17. The molecule has 2 aliphatic rings. The number of amides is 1. The van der Waals surface area contributed by atoms with Crippen molar-refractivity contribution in [2.75, 3.05) is 38.2 Å². The third-order valence-electron chi connectivity index (χ3n) is 4.39. The Morgan fingerprint density at radius 3 is 2.65 bits per heavy atom. The molecule has 1 N–H and O–H groups in total. The molecule has 0 unspecified atom stereocenters. The van der Waals surface area contributed by atoms with Gasteiger partial charge < -0.3 is 19.7 Å². The number of piperidine rings is 1. The summed E-state index contributed by atoms with van der Waals surface area (Å²) in [5, 5.41) is 12.2. The number of nitrogens with one attached hydrogen (secondary N) is 1. The van der Waals surface area contributed by atoms with Crippen LogP contribution in [0.4, 0.5) is 5.69 Å². The maximum atomic E-state index is 12.3. The predicted octanol–water partition coefficient (Wildman–Crippen LogP) is 1.73. The first-order valence-corrected chi connectivity index (χ1v) is 8.01. The fourth-order valence-corrected chi connectivity index (χ4v) is 3.08. The lowest BCUT2D eigenvalue weighted by Gasteiger charge is -2.37. The smallest absolute Gasteiger partial charge is 0.224 e. The lowest BCUT2D eigenvalue weighted by Crippen LogP contribution is -2.47. The van der Waals surface area contributed by atoms with Crippen LogP contribution in [0.25, 0.3) is 0 Å². The van der Waals surface area contributed by atoms with Crippen molar-refractivity contribution in [2.24, 2.45) is 0 Å². The molecule has 2 fully saturated rings. The van der Waals surface area contributed by atoms with Crippen LogP contribution in [0.3, 0.4) is 0 Å². The van der Waals surface area contributed by atoms with Crippen molar-refractivity contribution in [1.29, 1.82) is 5.26 Å². The number of anilines is 1. The number of para-hydroxylation sites is 1. The molecule has 6 nitrogen and oxygen atoms in total. The Balaban J connectivity index is 1.44. The molecule has 1 spiro atoms. The predicted molar refractivity (Wildman–Crippen MR) is 84.7 cm³/mol. The van der Waals surface area contributed by atoms with E-state index < -0.39 is 5.79 Å². The van der Waals surface area contributed by atoms with Crippen LogP contribution in [-0.2, 0) is 14.3 Å². The number of carbonyl (C=O) groups is 1. The van der Waals surface area contributed by atoms with Crippen LogP contribution in [-0.4, -0.2) is 49.4 Å². The second-order valence-electron chi connectivity index (χ2n) is 5.82. The Bertz CT molecular complexity index is 595. The average Bonchev–Trinajstić information content (AvgIpc) is 3.04. The van der Waals surface area contributed by atoms with Gasteiger partial charge in [0.25, 0.3) is 0 Å². The Morgan fingerprint density at radius 1 is 1.26 bits per heavy atom. The minimum absolute atomic E-state index is 0.125. The first kappa shape index (κ1) is 15.8. The molecule has 2 heterocycles. The first-order valence-electron chi connectivity index (χ1n) is 8.01. The van der Waals surface area contributed by atoms with Crippen LogP contribution in [0.15, 0.2) is 24.3 Å². The van der Waals surface area contributed by atoms with Crippen molar-refractivity contribution in [3.05, 3.63) is 29.8 Å². The number of nitrogens with zero attached hydrogens (tertiary/aromatic N) is 2. The molecule has 23 heavy (non-hydrogen) atoms. The second kappa shape index (κ2) is 6.99. The van der Waals surface area contributed by atoms with Gasteiger partial charge in [-0.1, -0.05) is 12.1 Å². The molecule has 2 saturated heterocycles. The van der Waals surface area contributed by atoms with E-state index in [9.17, 15) is 4.79 Å². The van der Waals surface area contributed by atoms with Gasteiger partial charge in [-0.25, -0.2) is 0 Å². The van der Waals surface area contributed by atoms with Crippen molar-refractivity contribution in [1.82, 2.24) is 4.90 Å². The topological polar surface area (TPSA) is 74.6 Å². The maximum absolute atomic E-state index is 12.3. The first-order chi connectivity index (χ1) is 11.2. The number of hydrogen-bond acceptors (Lipinski definition) is 5. The summed E-state index contributed by atoms with van der Waals surface area (Å²) in [6, 6.07) is 9.45. The molecule has 0 radical (unpaired) electrons. The number of hydrogen-bond donors (Lipinski definition) is 1. The molecule has 1 amide bonds. The summed E-state index contributed by atoms with van der Waals surface area (Å²) in [4.78, 5) is 14.2. The Labute approximate surface area is 136 Å². The highest BCUT2D eigenvalue weighted by Gasteiger charge is 2.40. The van der Waals surface area contributed by atoms with Gasteiger partial charge in [-0.3, -0.25) is 4.79 Å². The lowest BCUT2D eigenvalue weighted by atomic mass is 10.0. The molecule has 6 heteroatoms. The van der Waals surface area contributed by atoms with E-state index in [1.54, 1.807) is 6.07 Å². The number of benzene rings is 1. The largest absolute Gasteiger partial charge is 0.383 e. The second-order valence-corrected chi connectivity index (χ2v) is 5.82. The third kappa shape index (κ3) is 3.63. The Kier molecular flexibility index (Phi) is 4.79. The molecule has 1 aromatic carbocycles. The van der Waals surface area contributed by atoms with Crippen molar-refractivity contribution < 1.29 is 14.3 Å². The average molecular weight is 315 g/mol. The summed E-state index contributed by atoms with van der Waals surface area (Å²) < 4.78 is 11.3. The fourth-order valence-electron chi connectivity index (χ4n) is 3.08. The molecule has 3 rings (SSSR count). The van der Waals surface area contributed by atoms with Gasteiger partial charge in [0.2, 0.25) is 5.91 Å². The summed E-state index contributed by atoms with van der Waals surface area (Å²) in [5.41, 5.74) is 1.36. The van der Waals surface area contributed by atoms with E-state index >= 15 is 0 Å². The highest BCUT2D eigenvalue weighted by Crippen LogP contribution is 2.31. The van der Waals surface area contributed by atoms with Crippen molar-refractivity contribution >= 4 is 11.6 Å². The van der Waals surface area contributed by atoms with E-state index in [4.69, 9.17) is 14.7 Å². The van der Waals surface area contributed by atoms with Gasteiger partial charge in [0, 0.05) is 38.9 Å². The standard InChI is InChI=1S/C17H21N3O3/c18-13-14-3-1-2-4-15(14)19-8-5-16(21)20-9-6-17(7-10-20)22-11-12-23-17/h1-4,19H,5-12H2. The third-order valence-corrected chi connectivity index (χ3v) is 4.39. The number of carbonyl (C=O) groups excluding carboxylic acids is 1. The molecule has 0 atom stereocenters. The summed E-state index contributed by atoms with van der Waals surface area (Å²) >= 11 is 0. The van der Waals surface area contributed by atoms with Gasteiger partial charge in [0.05, 0.1) is 24.5 Å². The van der Waals surface area contributed by atoms with E-state index in [0.717, 1.165) is 18.5 Å². The maximum Gasteiger partial charge on any atom is 0.224 e. The zero-order chi connectivity index (χ0) is 16.1. The van der Waals surface area contributed by atoms with Crippen molar-refractivity contribution in [2.45, 2.75) is 25.0 Å². The van der Waals surface area contributed by atoms with Crippen LogP contribution < -0.4 is 5.32 Å². The van der Waals surface area contributed by atoms with E-state index in [1.807, 2.05) is 23.1 Å². The normalized spacial score (nSPS) is 19.5. The van der Waals surface area contributed by atoms with Crippen LogP contribution in [0, 0.1) is 11.3 Å². The molecule has 0 saturated carbocycles. The summed E-state index contributed by atoms with van der Waals surface area (Å²) in [6.07, 6.45) is 1.89. The molecule has 0 aromatic heterocycles. The number of nitriles is 1.